The summed E-state index contributed by atoms with van der Waals surface area (Å²) >= 11 is 0. The van der Waals surface area contributed by atoms with Crippen LogP contribution in [0.3, 0.4) is 0 Å². The molecule has 162 valence electrons. The smallest absolute Gasteiger partial charge is 0.346 e. The maximum atomic E-state index is 13.2. The lowest BCUT2D eigenvalue weighted by molar-refractivity contribution is -0.134. The molecular weight excluding hydrogens is 384 g/mol. The summed E-state index contributed by atoms with van der Waals surface area (Å²) in [7, 11) is 1.63. The van der Waals surface area contributed by atoms with E-state index in [1.165, 1.54) is 4.68 Å². The van der Waals surface area contributed by atoms with E-state index in [-0.39, 0.29) is 24.2 Å². The highest BCUT2D eigenvalue weighted by atomic mass is 16.5. The number of carbonyl (C=O) groups is 1. The number of benzene rings is 1. The number of carbonyl (C=O) groups excluding carboxylic acids is 1. The number of ether oxygens (including phenoxy) is 2. The standard InChI is InChI=1S/C22H30N4O4/c1-29-18-8-5-7-17(13-18)14-24(15-19-9-6-12-30-19)21(27)16-26-22(28)25-11-4-2-3-10-20(25)23-26/h5,7-8,13,19H,2-4,6,9-12,14-16H2,1H3. The van der Waals surface area contributed by atoms with Crippen molar-refractivity contribution in [3.05, 3.63) is 46.1 Å². The van der Waals surface area contributed by atoms with Gasteiger partial charge in [-0.15, -0.1) is 0 Å². The average molecular weight is 415 g/mol. The summed E-state index contributed by atoms with van der Waals surface area (Å²) in [6, 6.07) is 7.71. The minimum absolute atomic E-state index is 0.0370. The summed E-state index contributed by atoms with van der Waals surface area (Å²) in [5, 5.41) is 4.47. The Morgan fingerprint density at radius 2 is 2.20 bits per heavy atom. The van der Waals surface area contributed by atoms with Gasteiger partial charge in [-0.05, 0) is 43.4 Å². The van der Waals surface area contributed by atoms with Crippen molar-refractivity contribution < 1.29 is 14.3 Å². The SMILES string of the molecule is COc1cccc(CN(CC2CCCO2)C(=O)Cn2nc3n(c2=O)CCCCC3)c1. The number of hydrogen-bond donors (Lipinski definition) is 0. The molecule has 2 aliphatic heterocycles. The third-order valence-corrected chi connectivity index (χ3v) is 5.87. The molecule has 0 saturated carbocycles. The average Bonchev–Trinajstić information content (AvgIpc) is 3.29. The number of amides is 1. The Hall–Kier alpha value is -2.61. The fourth-order valence-electron chi connectivity index (χ4n) is 4.24. The van der Waals surface area contributed by atoms with E-state index in [0.717, 1.165) is 62.3 Å². The molecule has 1 aromatic heterocycles. The quantitative estimate of drug-likeness (QED) is 0.692. The second-order valence-corrected chi connectivity index (χ2v) is 8.08. The summed E-state index contributed by atoms with van der Waals surface area (Å²) in [6.45, 7) is 2.33. The molecular formula is C22H30N4O4. The Bertz CT molecular complexity index is 929. The van der Waals surface area contributed by atoms with Gasteiger partial charge < -0.3 is 14.4 Å². The van der Waals surface area contributed by atoms with Gasteiger partial charge in [0.05, 0.1) is 13.2 Å². The molecule has 3 heterocycles. The van der Waals surface area contributed by atoms with Gasteiger partial charge >= 0.3 is 5.69 Å². The van der Waals surface area contributed by atoms with Gasteiger partial charge in [0.2, 0.25) is 5.91 Å². The van der Waals surface area contributed by atoms with E-state index in [9.17, 15) is 9.59 Å². The Balaban J connectivity index is 1.52. The summed E-state index contributed by atoms with van der Waals surface area (Å²) in [4.78, 5) is 27.8. The maximum absolute atomic E-state index is 13.2. The number of fused-ring (bicyclic) bond motifs is 1. The Morgan fingerprint density at radius 3 is 3.00 bits per heavy atom. The summed E-state index contributed by atoms with van der Waals surface area (Å²) in [6.07, 6.45) is 5.91. The van der Waals surface area contributed by atoms with Gasteiger partial charge in [-0.2, -0.15) is 5.10 Å². The third-order valence-electron chi connectivity index (χ3n) is 5.87. The zero-order chi connectivity index (χ0) is 20.9. The molecule has 30 heavy (non-hydrogen) atoms. The van der Waals surface area contributed by atoms with E-state index in [1.807, 2.05) is 24.3 Å². The lowest BCUT2D eigenvalue weighted by atomic mass is 10.1. The minimum atomic E-state index is -0.182. The highest BCUT2D eigenvalue weighted by Crippen LogP contribution is 2.18. The Morgan fingerprint density at radius 1 is 1.30 bits per heavy atom. The van der Waals surface area contributed by atoms with Crippen LogP contribution >= 0.6 is 0 Å². The van der Waals surface area contributed by atoms with Crippen LogP contribution in [0.5, 0.6) is 5.75 Å². The van der Waals surface area contributed by atoms with Crippen molar-refractivity contribution >= 4 is 5.91 Å². The summed E-state index contributed by atoms with van der Waals surface area (Å²) < 4.78 is 14.1. The van der Waals surface area contributed by atoms with Crippen LogP contribution in [0.15, 0.2) is 29.1 Å². The van der Waals surface area contributed by atoms with Crippen molar-refractivity contribution in [2.75, 3.05) is 20.3 Å². The molecule has 1 amide bonds. The van der Waals surface area contributed by atoms with E-state index >= 15 is 0 Å². The number of aromatic nitrogens is 3. The maximum Gasteiger partial charge on any atom is 0.346 e. The molecule has 0 N–H and O–H groups in total. The van der Waals surface area contributed by atoms with Crippen LogP contribution < -0.4 is 10.4 Å². The largest absolute Gasteiger partial charge is 0.497 e. The van der Waals surface area contributed by atoms with Crippen LogP contribution in [0.4, 0.5) is 0 Å². The Labute approximate surface area is 176 Å². The van der Waals surface area contributed by atoms with Gasteiger partial charge in [0.15, 0.2) is 0 Å². The molecule has 0 radical (unpaired) electrons. The first-order chi connectivity index (χ1) is 14.6. The molecule has 0 spiro atoms. The zero-order valence-corrected chi connectivity index (χ0v) is 17.6. The molecule has 0 bridgehead atoms. The monoisotopic (exact) mass is 414 g/mol. The van der Waals surface area contributed by atoms with E-state index in [0.29, 0.717) is 19.6 Å². The Kier molecular flexibility index (Phi) is 6.52. The molecule has 4 rings (SSSR count). The molecule has 1 atom stereocenters. The normalized spacial score (nSPS) is 18.6. The molecule has 1 aromatic carbocycles. The first kappa shape index (κ1) is 20.7. The van der Waals surface area contributed by atoms with Gasteiger partial charge in [0.1, 0.15) is 18.1 Å². The highest BCUT2D eigenvalue weighted by molar-refractivity contribution is 5.76. The second kappa shape index (κ2) is 9.47. The van der Waals surface area contributed by atoms with Crippen molar-refractivity contribution in [2.45, 2.75) is 64.3 Å². The van der Waals surface area contributed by atoms with Gasteiger partial charge in [-0.25, -0.2) is 9.48 Å². The minimum Gasteiger partial charge on any atom is -0.497 e. The highest BCUT2D eigenvalue weighted by Gasteiger charge is 2.25. The number of methoxy groups -OCH3 is 1. The molecule has 8 heteroatoms. The van der Waals surface area contributed by atoms with E-state index < -0.39 is 0 Å². The van der Waals surface area contributed by atoms with Crippen molar-refractivity contribution in [2.24, 2.45) is 0 Å². The lowest BCUT2D eigenvalue weighted by Crippen LogP contribution is -2.40. The molecule has 1 unspecified atom stereocenters. The van der Waals surface area contributed by atoms with Crippen LogP contribution in [0.1, 0.15) is 43.5 Å². The number of aryl methyl sites for hydroxylation is 1. The van der Waals surface area contributed by atoms with E-state index in [1.54, 1.807) is 16.6 Å². The molecule has 2 aromatic rings. The molecule has 1 saturated heterocycles. The van der Waals surface area contributed by atoms with Crippen LogP contribution in [0, 0.1) is 0 Å². The van der Waals surface area contributed by atoms with Gasteiger partial charge in [-0.3, -0.25) is 9.36 Å². The topological polar surface area (TPSA) is 78.6 Å². The van der Waals surface area contributed by atoms with Crippen LogP contribution in [-0.2, 0) is 35.6 Å². The van der Waals surface area contributed by atoms with Crippen molar-refractivity contribution in [3.8, 4) is 5.75 Å². The molecule has 0 aliphatic carbocycles. The first-order valence-corrected chi connectivity index (χ1v) is 10.8. The molecule has 2 aliphatic rings. The number of nitrogens with zero attached hydrogens (tertiary/aromatic N) is 4. The third kappa shape index (κ3) is 4.75. The number of hydrogen-bond acceptors (Lipinski definition) is 5. The van der Waals surface area contributed by atoms with Gasteiger partial charge in [0.25, 0.3) is 0 Å². The van der Waals surface area contributed by atoms with Crippen LogP contribution in [0.25, 0.3) is 0 Å². The fourth-order valence-corrected chi connectivity index (χ4v) is 4.24. The van der Waals surface area contributed by atoms with Crippen LogP contribution in [-0.4, -0.2) is 51.5 Å². The summed E-state index contributed by atoms with van der Waals surface area (Å²) in [5.41, 5.74) is 0.798. The number of rotatable bonds is 7. The van der Waals surface area contributed by atoms with Crippen molar-refractivity contribution in [3.63, 3.8) is 0 Å². The van der Waals surface area contributed by atoms with E-state index in [4.69, 9.17) is 9.47 Å². The predicted octanol–water partition coefficient (Wildman–Crippen LogP) is 1.99. The van der Waals surface area contributed by atoms with E-state index in [2.05, 4.69) is 5.10 Å². The van der Waals surface area contributed by atoms with Crippen molar-refractivity contribution in [1.29, 1.82) is 0 Å². The van der Waals surface area contributed by atoms with Gasteiger partial charge in [0, 0.05) is 32.7 Å². The predicted molar refractivity (Wildman–Crippen MR) is 111 cm³/mol. The zero-order valence-electron chi connectivity index (χ0n) is 17.6. The van der Waals surface area contributed by atoms with Crippen molar-refractivity contribution in [1.82, 2.24) is 19.2 Å². The lowest BCUT2D eigenvalue weighted by Gasteiger charge is -2.25. The second-order valence-electron chi connectivity index (χ2n) is 8.08. The van der Waals surface area contributed by atoms with Crippen LogP contribution in [0.2, 0.25) is 0 Å². The molecule has 1 fully saturated rings. The first-order valence-electron chi connectivity index (χ1n) is 10.8. The van der Waals surface area contributed by atoms with Gasteiger partial charge in [-0.1, -0.05) is 18.6 Å². The fraction of sp³-hybridized carbons (Fsp3) is 0.591. The summed E-state index contributed by atoms with van der Waals surface area (Å²) in [5.74, 6) is 1.43. The molecule has 8 nitrogen and oxygen atoms in total.